The topological polar surface area (TPSA) is 64.2 Å². The molecule has 2 heterocycles. The molecule has 0 spiro atoms. The van der Waals surface area contributed by atoms with E-state index in [-0.39, 0.29) is 5.56 Å². The fourth-order valence-corrected chi connectivity index (χ4v) is 4.32. The maximum atomic E-state index is 12.3. The number of anilines is 1. The molecule has 0 bridgehead atoms. The molecule has 0 radical (unpaired) electrons. The molecule has 6 heteroatoms. The number of rotatable bonds is 3. The minimum Gasteiger partial charge on any atom is -0.369 e. The Morgan fingerprint density at radius 2 is 2.24 bits per heavy atom. The Labute approximate surface area is 133 Å². The van der Waals surface area contributed by atoms with Crippen molar-refractivity contribution in [1.82, 2.24) is 9.78 Å². The van der Waals surface area contributed by atoms with E-state index in [2.05, 4.69) is 25.9 Å². The average molecular weight is 355 g/mol. The summed E-state index contributed by atoms with van der Waals surface area (Å²) in [6.07, 6.45) is 6.35. The Hall–Kier alpha value is -0.880. The van der Waals surface area contributed by atoms with Crippen LogP contribution >= 0.6 is 15.9 Å². The van der Waals surface area contributed by atoms with Crippen molar-refractivity contribution < 1.29 is 0 Å². The maximum Gasteiger partial charge on any atom is 0.283 e. The van der Waals surface area contributed by atoms with Gasteiger partial charge in [0.25, 0.3) is 5.56 Å². The second-order valence-electron chi connectivity index (χ2n) is 6.30. The number of hydrogen-bond acceptors (Lipinski definition) is 4. The fourth-order valence-electron chi connectivity index (χ4n) is 3.76. The minimum atomic E-state index is -0.0338. The molecule has 1 aromatic rings. The molecule has 1 saturated heterocycles. The molecule has 2 aliphatic rings. The third kappa shape index (κ3) is 2.75. The summed E-state index contributed by atoms with van der Waals surface area (Å²) in [5.41, 5.74) is 7.16. The minimum absolute atomic E-state index is 0.0338. The molecule has 0 amide bonds. The summed E-state index contributed by atoms with van der Waals surface area (Å²) in [5.74, 6) is 1.22. The first-order valence-corrected chi connectivity index (χ1v) is 8.67. The summed E-state index contributed by atoms with van der Waals surface area (Å²) in [4.78, 5) is 14.6. The second-order valence-corrected chi connectivity index (χ2v) is 7.09. The van der Waals surface area contributed by atoms with Crippen LogP contribution in [0.4, 0.5) is 5.69 Å². The highest BCUT2D eigenvalue weighted by molar-refractivity contribution is 9.10. The van der Waals surface area contributed by atoms with Gasteiger partial charge >= 0.3 is 0 Å². The van der Waals surface area contributed by atoms with E-state index in [9.17, 15) is 4.79 Å². The van der Waals surface area contributed by atoms with E-state index >= 15 is 0 Å². The van der Waals surface area contributed by atoms with Crippen molar-refractivity contribution in [3.05, 3.63) is 21.0 Å². The van der Waals surface area contributed by atoms with Gasteiger partial charge in [-0.1, -0.05) is 13.3 Å². The van der Waals surface area contributed by atoms with Gasteiger partial charge in [0.15, 0.2) is 0 Å². The van der Waals surface area contributed by atoms with Crippen LogP contribution in [0.1, 0.15) is 32.6 Å². The van der Waals surface area contributed by atoms with Gasteiger partial charge in [0.2, 0.25) is 0 Å². The maximum absolute atomic E-state index is 12.3. The normalized spacial score (nSPS) is 28.7. The molecular formula is C15H23BrN4O. The average Bonchev–Trinajstić information content (AvgIpc) is 2.89. The van der Waals surface area contributed by atoms with E-state index < -0.39 is 0 Å². The van der Waals surface area contributed by atoms with Crippen LogP contribution < -0.4 is 16.2 Å². The van der Waals surface area contributed by atoms with Crippen LogP contribution in [0.3, 0.4) is 0 Å². The Bertz CT molecular complexity index is 573. The van der Waals surface area contributed by atoms with E-state index in [1.165, 1.54) is 17.5 Å². The van der Waals surface area contributed by atoms with Crippen LogP contribution in [0.25, 0.3) is 0 Å². The second kappa shape index (κ2) is 6.08. The highest BCUT2D eigenvalue weighted by Crippen LogP contribution is 2.38. The molecular weight excluding hydrogens is 332 g/mol. The quantitative estimate of drug-likeness (QED) is 0.901. The van der Waals surface area contributed by atoms with Crippen LogP contribution in [-0.4, -0.2) is 28.9 Å². The van der Waals surface area contributed by atoms with Crippen molar-refractivity contribution in [2.45, 2.75) is 45.2 Å². The Kier molecular flexibility index (Phi) is 4.36. The van der Waals surface area contributed by atoms with Crippen molar-refractivity contribution in [2.75, 3.05) is 18.0 Å². The van der Waals surface area contributed by atoms with E-state index in [1.54, 1.807) is 0 Å². The first-order chi connectivity index (χ1) is 10.1. The zero-order valence-corrected chi connectivity index (χ0v) is 14.1. The number of nitrogens with two attached hydrogens (primary N) is 1. The molecule has 0 aromatic carbocycles. The summed E-state index contributed by atoms with van der Waals surface area (Å²) in [6.45, 7) is 4.65. The molecule has 1 aliphatic heterocycles. The predicted octanol–water partition coefficient (Wildman–Crippen LogP) is 1.98. The standard InChI is InChI=1S/C15H23BrN4O/c1-2-6-20-15(21)14(16)13(7-18-20)19-8-10-4-3-5-12(17)11(10)9-19/h7,10-12H,2-6,8-9,17H2,1H3. The summed E-state index contributed by atoms with van der Waals surface area (Å²) < 4.78 is 2.17. The van der Waals surface area contributed by atoms with E-state index in [1.807, 2.05) is 13.1 Å². The van der Waals surface area contributed by atoms with E-state index in [4.69, 9.17) is 5.73 Å². The fraction of sp³-hybridized carbons (Fsp3) is 0.733. The van der Waals surface area contributed by atoms with Gasteiger partial charge in [-0.15, -0.1) is 0 Å². The molecule has 21 heavy (non-hydrogen) atoms. The molecule has 3 atom stereocenters. The van der Waals surface area contributed by atoms with Crippen molar-refractivity contribution >= 4 is 21.6 Å². The van der Waals surface area contributed by atoms with Gasteiger partial charge in [-0.05, 0) is 47.0 Å². The SMILES string of the molecule is CCCn1ncc(N2CC3CCCC(N)C3C2)c(Br)c1=O. The zero-order chi connectivity index (χ0) is 15.0. The number of aromatic nitrogens is 2. The van der Waals surface area contributed by atoms with Gasteiger partial charge in [-0.3, -0.25) is 4.79 Å². The number of fused-ring (bicyclic) bond motifs is 1. The number of halogens is 1. The van der Waals surface area contributed by atoms with Crippen molar-refractivity contribution in [3.63, 3.8) is 0 Å². The zero-order valence-electron chi connectivity index (χ0n) is 12.5. The molecule has 116 valence electrons. The lowest BCUT2D eigenvalue weighted by Crippen LogP contribution is -2.38. The Morgan fingerprint density at radius 3 is 2.95 bits per heavy atom. The summed E-state index contributed by atoms with van der Waals surface area (Å²) in [7, 11) is 0. The van der Waals surface area contributed by atoms with Crippen LogP contribution in [0, 0.1) is 11.8 Å². The summed E-state index contributed by atoms with van der Waals surface area (Å²) in [5, 5.41) is 4.31. The number of aryl methyl sites for hydroxylation is 1. The van der Waals surface area contributed by atoms with Crippen LogP contribution in [0.5, 0.6) is 0 Å². The lowest BCUT2D eigenvalue weighted by Gasteiger charge is -2.29. The summed E-state index contributed by atoms with van der Waals surface area (Å²) in [6, 6.07) is 0.306. The number of nitrogens with zero attached hydrogens (tertiary/aromatic N) is 3. The molecule has 3 rings (SSSR count). The van der Waals surface area contributed by atoms with Crippen LogP contribution in [0.15, 0.2) is 15.5 Å². The molecule has 3 unspecified atom stereocenters. The third-order valence-electron chi connectivity index (χ3n) is 4.90. The van der Waals surface area contributed by atoms with Gasteiger partial charge in [-0.2, -0.15) is 5.10 Å². The molecule has 5 nitrogen and oxygen atoms in total. The largest absolute Gasteiger partial charge is 0.369 e. The molecule has 1 saturated carbocycles. The first-order valence-electron chi connectivity index (χ1n) is 7.88. The predicted molar refractivity (Wildman–Crippen MR) is 87.5 cm³/mol. The lowest BCUT2D eigenvalue weighted by molar-refractivity contribution is 0.260. The highest BCUT2D eigenvalue weighted by Gasteiger charge is 2.39. The van der Waals surface area contributed by atoms with E-state index in [0.29, 0.717) is 28.9 Å². The van der Waals surface area contributed by atoms with Crippen LogP contribution in [-0.2, 0) is 6.54 Å². The summed E-state index contributed by atoms with van der Waals surface area (Å²) >= 11 is 3.48. The van der Waals surface area contributed by atoms with E-state index in [0.717, 1.165) is 31.6 Å². The third-order valence-corrected chi connectivity index (χ3v) is 5.64. The molecule has 1 aliphatic carbocycles. The van der Waals surface area contributed by atoms with Crippen LogP contribution in [0.2, 0.25) is 0 Å². The lowest BCUT2D eigenvalue weighted by atomic mass is 9.78. The van der Waals surface area contributed by atoms with Gasteiger partial charge in [0.05, 0.1) is 11.9 Å². The monoisotopic (exact) mass is 354 g/mol. The van der Waals surface area contributed by atoms with Crippen molar-refractivity contribution in [1.29, 1.82) is 0 Å². The van der Waals surface area contributed by atoms with Gasteiger partial charge < -0.3 is 10.6 Å². The van der Waals surface area contributed by atoms with Gasteiger partial charge in [0, 0.05) is 25.7 Å². The smallest absolute Gasteiger partial charge is 0.283 e. The first kappa shape index (κ1) is 15.0. The van der Waals surface area contributed by atoms with Crippen molar-refractivity contribution in [3.8, 4) is 0 Å². The highest BCUT2D eigenvalue weighted by atomic mass is 79.9. The Morgan fingerprint density at radius 1 is 1.43 bits per heavy atom. The molecule has 2 N–H and O–H groups in total. The Balaban J connectivity index is 1.85. The van der Waals surface area contributed by atoms with Gasteiger partial charge in [0.1, 0.15) is 4.47 Å². The van der Waals surface area contributed by atoms with Gasteiger partial charge in [-0.25, -0.2) is 4.68 Å². The molecule has 2 fully saturated rings. The number of hydrogen-bond donors (Lipinski definition) is 1. The van der Waals surface area contributed by atoms with Crippen molar-refractivity contribution in [2.24, 2.45) is 17.6 Å². The molecule has 1 aromatic heterocycles.